The second kappa shape index (κ2) is 4.21. The van der Waals surface area contributed by atoms with Crippen LogP contribution < -0.4 is 5.32 Å². The van der Waals surface area contributed by atoms with Gasteiger partial charge in [0.15, 0.2) is 0 Å². The van der Waals surface area contributed by atoms with Crippen LogP contribution in [-0.2, 0) is 13.0 Å². The average molecular weight is 249 g/mol. The maximum Gasteiger partial charge on any atom is 0.100 e. The topological polar surface area (TPSA) is 29.9 Å². The van der Waals surface area contributed by atoms with Gasteiger partial charge in [-0.1, -0.05) is 24.3 Å². The van der Waals surface area contributed by atoms with Crippen molar-refractivity contribution >= 4 is 11.0 Å². The molecule has 2 heterocycles. The molecule has 0 bridgehead atoms. The summed E-state index contributed by atoms with van der Waals surface area (Å²) in [7, 11) is 0. The molecular formula is C16H15N3. The van der Waals surface area contributed by atoms with Crippen molar-refractivity contribution in [2.45, 2.75) is 13.0 Å². The molecule has 19 heavy (non-hydrogen) atoms. The number of para-hydroxylation sites is 2. The second-order valence-corrected chi connectivity index (χ2v) is 4.94. The summed E-state index contributed by atoms with van der Waals surface area (Å²) < 4.78 is 2.20. The van der Waals surface area contributed by atoms with Crippen molar-refractivity contribution in [1.29, 1.82) is 0 Å². The normalized spacial score (nSPS) is 14.5. The Labute approximate surface area is 111 Å². The summed E-state index contributed by atoms with van der Waals surface area (Å²) >= 11 is 0. The Kier molecular flexibility index (Phi) is 2.38. The van der Waals surface area contributed by atoms with E-state index in [2.05, 4.69) is 51.3 Å². The number of hydrogen-bond acceptors (Lipinski definition) is 2. The van der Waals surface area contributed by atoms with Crippen LogP contribution in [0.25, 0.3) is 16.7 Å². The largest absolute Gasteiger partial charge is 0.312 e. The van der Waals surface area contributed by atoms with E-state index in [-0.39, 0.29) is 0 Å². The van der Waals surface area contributed by atoms with E-state index in [1.165, 1.54) is 22.3 Å². The molecule has 0 fully saturated rings. The molecule has 1 aliphatic rings. The van der Waals surface area contributed by atoms with Crippen LogP contribution in [0.15, 0.2) is 48.8 Å². The molecule has 3 nitrogen and oxygen atoms in total. The summed E-state index contributed by atoms with van der Waals surface area (Å²) in [5, 5.41) is 3.46. The molecule has 4 rings (SSSR count). The molecule has 0 unspecified atom stereocenters. The molecule has 1 aliphatic heterocycles. The number of rotatable bonds is 1. The second-order valence-electron chi connectivity index (χ2n) is 4.94. The van der Waals surface area contributed by atoms with Crippen molar-refractivity contribution in [3.63, 3.8) is 0 Å². The molecule has 0 spiro atoms. The van der Waals surface area contributed by atoms with Crippen LogP contribution in [0, 0.1) is 0 Å². The van der Waals surface area contributed by atoms with Crippen molar-refractivity contribution in [3.05, 3.63) is 59.9 Å². The summed E-state index contributed by atoms with van der Waals surface area (Å²) in [6.07, 6.45) is 3.03. The van der Waals surface area contributed by atoms with Gasteiger partial charge in [-0.25, -0.2) is 4.98 Å². The lowest BCUT2D eigenvalue weighted by Crippen LogP contribution is -2.24. The molecule has 3 aromatic rings. The predicted octanol–water partition coefficient (Wildman–Crippen LogP) is 2.67. The van der Waals surface area contributed by atoms with Gasteiger partial charge >= 0.3 is 0 Å². The number of nitrogens with zero attached hydrogens (tertiary/aromatic N) is 2. The zero-order valence-electron chi connectivity index (χ0n) is 10.6. The average Bonchev–Trinajstić information content (AvgIpc) is 2.90. The highest BCUT2D eigenvalue weighted by Crippen LogP contribution is 2.25. The number of aromatic nitrogens is 2. The Morgan fingerprint density at radius 1 is 1.05 bits per heavy atom. The predicted molar refractivity (Wildman–Crippen MR) is 76.5 cm³/mol. The molecule has 0 aliphatic carbocycles. The van der Waals surface area contributed by atoms with Crippen LogP contribution in [-0.4, -0.2) is 16.1 Å². The van der Waals surface area contributed by atoms with Gasteiger partial charge in [0, 0.05) is 6.54 Å². The van der Waals surface area contributed by atoms with Gasteiger partial charge in [0.05, 0.1) is 16.7 Å². The van der Waals surface area contributed by atoms with Crippen molar-refractivity contribution in [2.75, 3.05) is 6.54 Å². The summed E-state index contributed by atoms with van der Waals surface area (Å²) in [6.45, 7) is 2.01. The van der Waals surface area contributed by atoms with Gasteiger partial charge in [-0.3, -0.25) is 4.57 Å². The minimum Gasteiger partial charge on any atom is -0.312 e. The molecule has 0 radical (unpaired) electrons. The van der Waals surface area contributed by atoms with Gasteiger partial charge in [-0.15, -0.1) is 0 Å². The van der Waals surface area contributed by atoms with Crippen molar-refractivity contribution in [3.8, 4) is 5.69 Å². The molecule has 3 heteroatoms. The molecular weight excluding hydrogens is 234 g/mol. The lowest BCUT2D eigenvalue weighted by atomic mass is 9.99. The van der Waals surface area contributed by atoms with E-state index >= 15 is 0 Å². The number of fused-ring (bicyclic) bond motifs is 2. The highest BCUT2D eigenvalue weighted by Gasteiger charge is 2.14. The summed E-state index contributed by atoms with van der Waals surface area (Å²) in [5.74, 6) is 0. The number of benzene rings is 2. The highest BCUT2D eigenvalue weighted by atomic mass is 15.1. The van der Waals surface area contributed by atoms with Gasteiger partial charge in [0.1, 0.15) is 6.33 Å². The maximum absolute atomic E-state index is 4.49. The van der Waals surface area contributed by atoms with Gasteiger partial charge < -0.3 is 5.32 Å². The molecule has 1 N–H and O–H groups in total. The third-order valence-electron chi connectivity index (χ3n) is 3.83. The summed E-state index contributed by atoms with van der Waals surface area (Å²) in [5.41, 5.74) is 6.31. The van der Waals surface area contributed by atoms with Crippen LogP contribution in [0.3, 0.4) is 0 Å². The number of nitrogens with one attached hydrogen (secondary N) is 1. The Balaban J connectivity index is 1.97. The quantitative estimate of drug-likeness (QED) is 0.718. The zero-order chi connectivity index (χ0) is 12.7. The van der Waals surface area contributed by atoms with E-state index in [4.69, 9.17) is 0 Å². The first kappa shape index (κ1) is 10.8. The minimum absolute atomic E-state index is 0.942. The van der Waals surface area contributed by atoms with E-state index in [9.17, 15) is 0 Å². The Bertz CT molecular complexity index is 743. The standard InChI is InChI=1S/C16H15N3/c1-2-6-16-14(5-1)18-11-19(16)15-7-3-4-12-8-9-17-10-13(12)15/h1-7,11,17H,8-10H2. The zero-order valence-corrected chi connectivity index (χ0v) is 10.6. The van der Waals surface area contributed by atoms with Crippen LogP contribution in [0.5, 0.6) is 0 Å². The minimum atomic E-state index is 0.942. The first-order valence-electron chi connectivity index (χ1n) is 6.67. The van der Waals surface area contributed by atoms with Crippen LogP contribution in [0.2, 0.25) is 0 Å². The Hall–Kier alpha value is -2.13. The summed E-state index contributed by atoms with van der Waals surface area (Å²) in [6, 6.07) is 14.8. The molecule has 0 saturated heterocycles. The third kappa shape index (κ3) is 1.66. The van der Waals surface area contributed by atoms with Gasteiger partial charge in [-0.05, 0) is 42.3 Å². The Morgan fingerprint density at radius 3 is 3.00 bits per heavy atom. The van der Waals surface area contributed by atoms with Crippen molar-refractivity contribution < 1.29 is 0 Å². The third-order valence-corrected chi connectivity index (χ3v) is 3.83. The summed E-state index contributed by atoms with van der Waals surface area (Å²) in [4.78, 5) is 4.49. The molecule has 1 aromatic heterocycles. The van der Waals surface area contributed by atoms with Gasteiger partial charge in [0.2, 0.25) is 0 Å². The van der Waals surface area contributed by atoms with Gasteiger partial charge in [0.25, 0.3) is 0 Å². The van der Waals surface area contributed by atoms with E-state index in [0.717, 1.165) is 25.0 Å². The fourth-order valence-electron chi connectivity index (χ4n) is 2.87. The lowest BCUT2D eigenvalue weighted by molar-refractivity contribution is 0.640. The van der Waals surface area contributed by atoms with Crippen LogP contribution in [0.1, 0.15) is 11.1 Å². The molecule has 2 aromatic carbocycles. The maximum atomic E-state index is 4.49. The number of hydrogen-bond donors (Lipinski definition) is 1. The van der Waals surface area contributed by atoms with Crippen molar-refractivity contribution in [1.82, 2.24) is 14.9 Å². The van der Waals surface area contributed by atoms with Crippen LogP contribution >= 0.6 is 0 Å². The van der Waals surface area contributed by atoms with E-state index in [1.807, 2.05) is 12.4 Å². The van der Waals surface area contributed by atoms with E-state index < -0.39 is 0 Å². The monoisotopic (exact) mass is 249 g/mol. The molecule has 0 amide bonds. The first-order valence-corrected chi connectivity index (χ1v) is 6.67. The molecule has 94 valence electrons. The SMILES string of the molecule is c1cc2c(c(-n3cnc4ccccc43)c1)CNCC2. The van der Waals surface area contributed by atoms with Crippen LogP contribution in [0.4, 0.5) is 0 Å². The molecule has 0 saturated carbocycles. The first-order chi connectivity index (χ1) is 9.43. The van der Waals surface area contributed by atoms with E-state index in [0.29, 0.717) is 0 Å². The Morgan fingerprint density at radius 2 is 2.00 bits per heavy atom. The van der Waals surface area contributed by atoms with E-state index in [1.54, 1.807) is 0 Å². The van der Waals surface area contributed by atoms with Gasteiger partial charge in [-0.2, -0.15) is 0 Å². The lowest BCUT2D eigenvalue weighted by Gasteiger charge is -2.20. The fourth-order valence-corrected chi connectivity index (χ4v) is 2.87. The fraction of sp³-hybridized carbons (Fsp3) is 0.188. The highest BCUT2D eigenvalue weighted by molar-refractivity contribution is 5.77. The molecule has 0 atom stereocenters. The number of imidazole rings is 1. The van der Waals surface area contributed by atoms with Crippen molar-refractivity contribution in [2.24, 2.45) is 0 Å². The smallest absolute Gasteiger partial charge is 0.100 e.